The molecule has 0 aliphatic carbocycles. The fraction of sp³-hybridized carbons (Fsp3) is 0.769. The molecule has 1 aromatic heterocycles. The van der Waals surface area contributed by atoms with Gasteiger partial charge in [0.25, 0.3) is 0 Å². The van der Waals surface area contributed by atoms with E-state index in [0.29, 0.717) is 5.13 Å². The predicted molar refractivity (Wildman–Crippen MR) is 74.4 cm³/mol. The molecule has 0 aromatic carbocycles. The lowest BCUT2D eigenvalue weighted by molar-refractivity contribution is 0.196. The minimum atomic E-state index is 0.697. The van der Waals surface area contributed by atoms with E-state index in [1.807, 2.05) is 0 Å². The fourth-order valence-corrected chi connectivity index (χ4v) is 3.29. The Morgan fingerprint density at radius 1 is 1.47 bits per heavy atom. The highest BCUT2D eigenvalue weighted by Crippen LogP contribution is 2.20. The van der Waals surface area contributed by atoms with Crippen molar-refractivity contribution in [2.24, 2.45) is 0 Å². The molecule has 4 heteroatoms. The van der Waals surface area contributed by atoms with Gasteiger partial charge in [-0.25, -0.2) is 4.98 Å². The maximum Gasteiger partial charge on any atom is 0.180 e. The lowest BCUT2D eigenvalue weighted by Crippen LogP contribution is -2.36. The molecule has 1 saturated heterocycles. The molecule has 1 fully saturated rings. The largest absolute Gasteiger partial charge is 0.375 e. The third-order valence-corrected chi connectivity index (χ3v) is 4.42. The smallest absolute Gasteiger partial charge is 0.180 e. The summed E-state index contributed by atoms with van der Waals surface area (Å²) in [6.45, 7) is 4.71. The quantitative estimate of drug-likeness (QED) is 0.897. The van der Waals surface area contributed by atoms with Crippen LogP contribution in [0.3, 0.4) is 0 Å². The van der Waals surface area contributed by atoms with E-state index >= 15 is 0 Å². The maximum atomic E-state index is 5.66. The zero-order chi connectivity index (χ0) is 12.1. The summed E-state index contributed by atoms with van der Waals surface area (Å²) in [4.78, 5) is 6.99. The van der Waals surface area contributed by atoms with Crippen LogP contribution >= 0.6 is 11.3 Å². The molecule has 17 heavy (non-hydrogen) atoms. The van der Waals surface area contributed by atoms with E-state index in [1.54, 1.807) is 11.3 Å². The highest BCUT2D eigenvalue weighted by molar-refractivity contribution is 7.13. The minimum Gasteiger partial charge on any atom is -0.375 e. The second-order valence-electron chi connectivity index (χ2n) is 4.87. The SMILES string of the molecule is CCC1CCCCCN1CCc1csc(N)n1. The number of anilines is 1. The standard InChI is InChI=1S/C13H23N3S/c1-2-12-6-4-3-5-8-16(12)9-7-11-10-17-13(14)15-11/h10,12H,2-9H2,1H3,(H2,14,15). The number of aromatic nitrogens is 1. The van der Waals surface area contributed by atoms with Crippen LogP contribution in [0.15, 0.2) is 5.38 Å². The highest BCUT2D eigenvalue weighted by atomic mass is 32.1. The molecular formula is C13H23N3S. The number of hydrogen-bond donors (Lipinski definition) is 1. The van der Waals surface area contributed by atoms with E-state index in [4.69, 9.17) is 5.73 Å². The Morgan fingerprint density at radius 3 is 3.06 bits per heavy atom. The van der Waals surface area contributed by atoms with Crippen LogP contribution in [0.1, 0.15) is 44.7 Å². The molecule has 1 aliphatic heterocycles. The average Bonchev–Trinajstić information content (AvgIpc) is 2.63. The van der Waals surface area contributed by atoms with Gasteiger partial charge in [0.15, 0.2) is 5.13 Å². The van der Waals surface area contributed by atoms with Crippen LogP contribution in [0.25, 0.3) is 0 Å². The van der Waals surface area contributed by atoms with Gasteiger partial charge in [0.1, 0.15) is 0 Å². The summed E-state index contributed by atoms with van der Waals surface area (Å²) in [5.41, 5.74) is 6.82. The first-order valence-corrected chi connectivity index (χ1v) is 7.61. The molecule has 3 nitrogen and oxygen atoms in total. The van der Waals surface area contributed by atoms with Crippen molar-refractivity contribution in [2.75, 3.05) is 18.8 Å². The van der Waals surface area contributed by atoms with E-state index in [2.05, 4.69) is 22.2 Å². The van der Waals surface area contributed by atoms with Gasteiger partial charge in [-0.3, -0.25) is 0 Å². The van der Waals surface area contributed by atoms with Gasteiger partial charge in [-0.1, -0.05) is 19.8 Å². The molecule has 1 atom stereocenters. The summed E-state index contributed by atoms with van der Waals surface area (Å²) >= 11 is 1.55. The monoisotopic (exact) mass is 253 g/mol. The fourth-order valence-electron chi connectivity index (χ4n) is 2.69. The Morgan fingerprint density at radius 2 is 2.35 bits per heavy atom. The van der Waals surface area contributed by atoms with Crippen molar-refractivity contribution in [2.45, 2.75) is 51.5 Å². The van der Waals surface area contributed by atoms with Crippen molar-refractivity contribution < 1.29 is 0 Å². The Balaban J connectivity index is 1.87. The third-order valence-electron chi connectivity index (χ3n) is 3.69. The first-order valence-electron chi connectivity index (χ1n) is 6.73. The molecule has 96 valence electrons. The maximum absolute atomic E-state index is 5.66. The number of likely N-dealkylation sites (tertiary alicyclic amines) is 1. The predicted octanol–water partition coefficient (Wildman–Crippen LogP) is 2.92. The van der Waals surface area contributed by atoms with Gasteiger partial charge < -0.3 is 10.6 Å². The lowest BCUT2D eigenvalue weighted by atomic mass is 10.1. The Kier molecular flexibility index (Phi) is 4.80. The molecule has 0 spiro atoms. The third kappa shape index (κ3) is 3.68. The summed E-state index contributed by atoms with van der Waals surface area (Å²) in [6, 6.07) is 0.786. The van der Waals surface area contributed by atoms with Gasteiger partial charge in [0, 0.05) is 24.4 Å². The number of nitrogen functional groups attached to an aromatic ring is 1. The average molecular weight is 253 g/mol. The van der Waals surface area contributed by atoms with Gasteiger partial charge in [-0.05, 0) is 25.8 Å². The lowest BCUT2D eigenvalue weighted by Gasteiger charge is -2.28. The van der Waals surface area contributed by atoms with E-state index in [9.17, 15) is 0 Å². The summed E-state index contributed by atoms with van der Waals surface area (Å²) in [5, 5.41) is 2.79. The molecule has 2 heterocycles. The van der Waals surface area contributed by atoms with Gasteiger partial charge in [-0.2, -0.15) is 0 Å². The first-order chi connectivity index (χ1) is 8.29. The molecule has 2 rings (SSSR count). The highest BCUT2D eigenvalue weighted by Gasteiger charge is 2.19. The van der Waals surface area contributed by atoms with Crippen molar-refractivity contribution in [1.29, 1.82) is 0 Å². The van der Waals surface area contributed by atoms with Gasteiger partial charge in [-0.15, -0.1) is 11.3 Å². The van der Waals surface area contributed by atoms with Crippen LogP contribution in [0, 0.1) is 0 Å². The number of nitrogens with two attached hydrogens (primary N) is 1. The Bertz CT molecular complexity index is 337. The van der Waals surface area contributed by atoms with Crippen LogP contribution in [0.2, 0.25) is 0 Å². The summed E-state index contributed by atoms with van der Waals surface area (Å²) in [6.07, 6.45) is 7.85. The van der Waals surface area contributed by atoms with E-state index in [-0.39, 0.29) is 0 Å². The van der Waals surface area contributed by atoms with Crippen LogP contribution in [0.4, 0.5) is 5.13 Å². The second kappa shape index (κ2) is 6.36. The molecule has 0 amide bonds. The van der Waals surface area contributed by atoms with Crippen molar-refractivity contribution in [3.05, 3.63) is 11.1 Å². The van der Waals surface area contributed by atoms with Crippen LogP contribution in [-0.2, 0) is 6.42 Å². The molecule has 1 unspecified atom stereocenters. The van der Waals surface area contributed by atoms with Gasteiger partial charge in [0.05, 0.1) is 5.69 Å². The normalized spacial score (nSPS) is 22.5. The summed E-state index contributed by atoms with van der Waals surface area (Å²) in [7, 11) is 0. The van der Waals surface area contributed by atoms with E-state index in [0.717, 1.165) is 24.7 Å². The minimum absolute atomic E-state index is 0.697. The number of hydrogen-bond acceptors (Lipinski definition) is 4. The van der Waals surface area contributed by atoms with E-state index in [1.165, 1.54) is 38.6 Å². The molecule has 2 N–H and O–H groups in total. The summed E-state index contributed by atoms with van der Waals surface area (Å²) in [5.74, 6) is 0. The molecule has 0 bridgehead atoms. The molecule has 1 aromatic rings. The van der Waals surface area contributed by atoms with Crippen LogP contribution in [-0.4, -0.2) is 29.0 Å². The van der Waals surface area contributed by atoms with Gasteiger partial charge in [0.2, 0.25) is 0 Å². The summed E-state index contributed by atoms with van der Waals surface area (Å²) < 4.78 is 0. The topological polar surface area (TPSA) is 42.1 Å². The van der Waals surface area contributed by atoms with E-state index < -0.39 is 0 Å². The number of rotatable bonds is 4. The Hall–Kier alpha value is -0.610. The van der Waals surface area contributed by atoms with Crippen LogP contribution < -0.4 is 5.73 Å². The molecule has 0 radical (unpaired) electrons. The molecular weight excluding hydrogens is 230 g/mol. The van der Waals surface area contributed by atoms with Crippen molar-refractivity contribution in [3.63, 3.8) is 0 Å². The first kappa shape index (κ1) is 12.8. The van der Waals surface area contributed by atoms with Gasteiger partial charge >= 0.3 is 0 Å². The molecule has 1 aliphatic rings. The Labute approximate surface area is 108 Å². The number of thiazole rings is 1. The number of nitrogens with zero attached hydrogens (tertiary/aromatic N) is 2. The van der Waals surface area contributed by atoms with Crippen LogP contribution in [0.5, 0.6) is 0 Å². The zero-order valence-electron chi connectivity index (χ0n) is 10.7. The molecule has 0 saturated carbocycles. The van der Waals surface area contributed by atoms with Crippen molar-refractivity contribution in [3.8, 4) is 0 Å². The van der Waals surface area contributed by atoms with Crippen molar-refractivity contribution >= 4 is 16.5 Å². The van der Waals surface area contributed by atoms with Crippen molar-refractivity contribution in [1.82, 2.24) is 9.88 Å². The zero-order valence-corrected chi connectivity index (χ0v) is 11.5. The second-order valence-corrected chi connectivity index (χ2v) is 5.76.